The van der Waals surface area contributed by atoms with Crippen LogP contribution in [0.1, 0.15) is 36.5 Å². The van der Waals surface area contributed by atoms with Gasteiger partial charge in [-0.05, 0) is 82.4 Å². The fourth-order valence-electron chi connectivity index (χ4n) is 4.94. The molecule has 0 aliphatic rings. The molecule has 13 heteroatoms. The topological polar surface area (TPSA) is 138 Å². The van der Waals surface area contributed by atoms with Crippen LogP contribution in [0.4, 0.5) is 15.8 Å². The van der Waals surface area contributed by atoms with Gasteiger partial charge < -0.3 is 14.8 Å². The second-order valence-corrected chi connectivity index (χ2v) is 11.7. The minimum absolute atomic E-state index is 0.0516. The third-order valence-electron chi connectivity index (χ3n) is 7.25. The maximum absolute atomic E-state index is 13.9. The number of aryl methyl sites for hydroxylation is 1. The number of ether oxygens (including phenoxy) is 2. The summed E-state index contributed by atoms with van der Waals surface area (Å²) in [6, 6.07) is 19.0. The number of para-hydroxylation sites is 2. The molecule has 0 atom stereocenters. The van der Waals surface area contributed by atoms with Crippen LogP contribution in [0, 0.1) is 22.9 Å². The highest BCUT2D eigenvalue weighted by atomic mass is 79.9. The van der Waals surface area contributed by atoms with Crippen molar-refractivity contribution in [3.63, 3.8) is 0 Å². The SMILES string of the molecule is COc1cc(C)c(-c2nc3ccccc3c(=O)n2N=Cc2cc(Br)c(OCC(=O)Nc3ccccc3F)c([N+](=O)[O-])c2)cc1C(C)C. The van der Waals surface area contributed by atoms with E-state index in [1.54, 1.807) is 37.4 Å². The zero-order valence-electron chi connectivity index (χ0n) is 25.8. The van der Waals surface area contributed by atoms with E-state index in [1.807, 2.05) is 32.9 Å². The molecule has 0 saturated carbocycles. The second-order valence-electron chi connectivity index (χ2n) is 10.8. The number of fused-ring (bicyclic) bond motifs is 1. The molecule has 240 valence electrons. The molecule has 1 amide bonds. The quantitative estimate of drug-likeness (QED) is 0.0922. The molecule has 47 heavy (non-hydrogen) atoms. The highest BCUT2D eigenvalue weighted by Crippen LogP contribution is 2.37. The number of carbonyl (C=O) groups excluding carboxylic acids is 1. The molecule has 11 nitrogen and oxygen atoms in total. The summed E-state index contributed by atoms with van der Waals surface area (Å²) < 4.78 is 26.3. The number of benzene rings is 4. The van der Waals surface area contributed by atoms with E-state index < -0.39 is 34.5 Å². The van der Waals surface area contributed by atoms with Gasteiger partial charge in [-0.25, -0.2) is 9.37 Å². The molecule has 1 N–H and O–H groups in total. The number of anilines is 1. The fraction of sp³-hybridized carbons (Fsp3) is 0.176. The summed E-state index contributed by atoms with van der Waals surface area (Å²) in [6.07, 6.45) is 1.30. The van der Waals surface area contributed by atoms with Gasteiger partial charge in [0.2, 0.25) is 5.75 Å². The number of amides is 1. The molecule has 4 aromatic carbocycles. The molecule has 5 rings (SSSR count). The van der Waals surface area contributed by atoms with Crippen molar-refractivity contribution in [2.24, 2.45) is 5.10 Å². The predicted octanol–water partition coefficient (Wildman–Crippen LogP) is 7.21. The third-order valence-corrected chi connectivity index (χ3v) is 7.84. The monoisotopic (exact) mass is 701 g/mol. The Kier molecular flexibility index (Phi) is 9.75. The largest absolute Gasteiger partial charge is 0.496 e. The smallest absolute Gasteiger partial charge is 0.312 e. The molecule has 0 bridgehead atoms. The van der Waals surface area contributed by atoms with E-state index in [2.05, 4.69) is 26.3 Å². The Balaban J connectivity index is 1.54. The molecule has 1 aromatic heterocycles. The highest BCUT2D eigenvalue weighted by Gasteiger charge is 2.22. The summed E-state index contributed by atoms with van der Waals surface area (Å²) in [5.41, 5.74) is 2.18. The Hall–Kier alpha value is -5.43. The van der Waals surface area contributed by atoms with E-state index in [0.29, 0.717) is 22.2 Å². The van der Waals surface area contributed by atoms with Crippen LogP contribution < -0.4 is 20.3 Å². The minimum Gasteiger partial charge on any atom is -0.496 e. The van der Waals surface area contributed by atoms with Gasteiger partial charge in [-0.2, -0.15) is 9.78 Å². The van der Waals surface area contributed by atoms with Crippen molar-refractivity contribution in [3.8, 4) is 22.9 Å². The first-order valence-corrected chi connectivity index (χ1v) is 15.2. The molecule has 5 aromatic rings. The van der Waals surface area contributed by atoms with Gasteiger partial charge in [-0.1, -0.05) is 38.1 Å². The molecule has 0 aliphatic carbocycles. The van der Waals surface area contributed by atoms with Crippen LogP contribution >= 0.6 is 15.9 Å². The number of hydrogen-bond acceptors (Lipinski definition) is 8. The molecular formula is C34H29BrFN5O6. The maximum atomic E-state index is 13.9. The van der Waals surface area contributed by atoms with E-state index in [0.717, 1.165) is 11.1 Å². The van der Waals surface area contributed by atoms with Crippen LogP contribution in [-0.4, -0.2) is 40.4 Å². The number of aromatic nitrogens is 2. The predicted molar refractivity (Wildman–Crippen MR) is 181 cm³/mol. The lowest BCUT2D eigenvalue weighted by Gasteiger charge is -2.17. The summed E-state index contributed by atoms with van der Waals surface area (Å²) in [6.45, 7) is 5.32. The first kappa shape index (κ1) is 32.9. The lowest BCUT2D eigenvalue weighted by molar-refractivity contribution is -0.385. The number of nitro groups is 1. The van der Waals surface area contributed by atoms with Crippen molar-refractivity contribution in [2.45, 2.75) is 26.7 Å². The normalized spacial score (nSPS) is 11.3. The fourth-order valence-corrected chi connectivity index (χ4v) is 5.52. The summed E-state index contributed by atoms with van der Waals surface area (Å²) in [7, 11) is 1.60. The number of nitro benzene ring substituents is 1. The van der Waals surface area contributed by atoms with Gasteiger partial charge in [-0.15, -0.1) is 0 Å². The lowest BCUT2D eigenvalue weighted by Crippen LogP contribution is -2.21. The van der Waals surface area contributed by atoms with Crippen LogP contribution in [0.15, 0.2) is 87.2 Å². The van der Waals surface area contributed by atoms with Crippen LogP contribution in [0.3, 0.4) is 0 Å². The molecule has 0 spiro atoms. The van der Waals surface area contributed by atoms with E-state index in [4.69, 9.17) is 14.5 Å². The molecule has 0 aliphatic heterocycles. The van der Waals surface area contributed by atoms with Crippen molar-refractivity contribution < 1.29 is 23.6 Å². The molecule has 0 unspecified atom stereocenters. The van der Waals surface area contributed by atoms with Gasteiger partial charge in [0, 0.05) is 17.2 Å². The molecular weight excluding hydrogens is 673 g/mol. The number of nitrogens with one attached hydrogen (secondary N) is 1. The Labute approximate surface area is 277 Å². The highest BCUT2D eigenvalue weighted by molar-refractivity contribution is 9.10. The van der Waals surface area contributed by atoms with Crippen molar-refractivity contribution in [3.05, 3.63) is 120 Å². The number of carbonyl (C=O) groups is 1. The van der Waals surface area contributed by atoms with Crippen molar-refractivity contribution in [2.75, 3.05) is 19.0 Å². The molecule has 0 radical (unpaired) electrons. The van der Waals surface area contributed by atoms with Crippen molar-refractivity contribution in [1.82, 2.24) is 9.66 Å². The standard InChI is InChI=1S/C34H29BrFN5O6/c1-19(2)23-16-24(20(3)13-30(23)46-4)33-39-27-11-7-5-9-22(27)34(43)40(33)37-17-21-14-25(35)32(29(15-21)41(44)45)47-18-31(42)38-28-12-8-6-10-26(28)36/h5-17,19H,18H2,1-4H3,(H,38,42). The van der Waals surface area contributed by atoms with Crippen molar-refractivity contribution in [1.29, 1.82) is 0 Å². The number of methoxy groups -OCH3 is 1. The molecule has 0 fully saturated rings. The molecule has 0 saturated heterocycles. The van der Waals surface area contributed by atoms with Gasteiger partial charge in [0.25, 0.3) is 11.5 Å². The molecule has 1 heterocycles. The Morgan fingerprint density at radius 2 is 1.87 bits per heavy atom. The van der Waals surface area contributed by atoms with Gasteiger partial charge in [0.05, 0.1) is 39.3 Å². The first-order chi connectivity index (χ1) is 22.5. The summed E-state index contributed by atoms with van der Waals surface area (Å²) in [5.74, 6) is -0.464. The van der Waals surface area contributed by atoms with E-state index >= 15 is 0 Å². The van der Waals surface area contributed by atoms with Crippen LogP contribution in [0.5, 0.6) is 11.5 Å². The number of hydrogen-bond donors (Lipinski definition) is 1. The average molecular weight is 703 g/mol. The minimum atomic E-state index is -0.716. The third kappa shape index (κ3) is 7.04. The average Bonchev–Trinajstić information content (AvgIpc) is 3.04. The van der Waals surface area contributed by atoms with E-state index in [-0.39, 0.29) is 33.2 Å². The van der Waals surface area contributed by atoms with Gasteiger partial charge in [-0.3, -0.25) is 19.7 Å². The first-order valence-electron chi connectivity index (χ1n) is 14.4. The zero-order valence-corrected chi connectivity index (χ0v) is 27.4. The Bertz CT molecular complexity index is 2110. The van der Waals surface area contributed by atoms with Gasteiger partial charge in [0.1, 0.15) is 11.6 Å². The number of rotatable bonds is 10. The summed E-state index contributed by atoms with van der Waals surface area (Å²) in [5, 5.41) is 19.2. The van der Waals surface area contributed by atoms with Gasteiger partial charge >= 0.3 is 5.69 Å². The number of halogens is 2. The zero-order chi connectivity index (χ0) is 33.8. The second kappa shape index (κ2) is 13.9. The van der Waals surface area contributed by atoms with Gasteiger partial charge in [0.15, 0.2) is 12.4 Å². The van der Waals surface area contributed by atoms with E-state index in [1.165, 1.54) is 41.2 Å². The van der Waals surface area contributed by atoms with Crippen LogP contribution in [-0.2, 0) is 4.79 Å². The Morgan fingerprint density at radius 3 is 2.57 bits per heavy atom. The van der Waals surface area contributed by atoms with Crippen LogP contribution in [0.25, 0.3) is 22.3 Å². The van der Waals surface area contributed by atoms with Crippen molar-refractivity contribution >= 4 is 50.3 Å². The maximum Gasteiger partial charge on any atom is 0.312 e. The lowest BCUT2D eigenvalue weighted by atomic mass is 9.96. The number of nitrogens with zero attached hydrogens (tertiary/aromatic N) is 4. The Morgan fingerprint density at radius 1 is 1.15 bits per heavy atom. The summed E-state index contributed by atoms with van der Waals surface area (Å²) >= 11 is 3.29. The summed E-state index contributed by atoms with van der Waals surface area (Å²) in [4.78, 5) is 42.3. The van der Waals surface area contributed by atoms with Crippen LogP contribution in [0.2, 0.25) is 0 Å². The van der Waals surface area contributed by atoms with E-state index in [9.17, 15) is 24.1 Å².